The normalized spacial score (nSPS) is 10.3. The fraction of sp³-hybridized carbons (Fsp3) is 0.333. The van der Waals surface area contributed by atoms with Gasteiger partial charge in [0, 0.05) is 31.0 Å². The van der Waals surface area contributed by atoms with Crippen molar-refractivity contribution in [3.05, 3.63) is 42.2 Å². The topological polar surface area (TPSA) is 51.7 Å². The van der Waals surface area contributed by atoms with Crippen LogP contribution >= 0.6 is 0 Å². The fourth-order valence-corrected chi connectivity index (χ4v) is 2.42. The highest BCUT2D eigenvalue weighted by molar-refractivity contribution is 5.95. The Balaban J connectivity index is 2.38. The Hall–Kier alpha value is -2.56. The molecule has 0 atom stereocenters. The van der Waals surface area contributed by atoms with E-state index in [0.29, 0.717) is 30.2 Å². The molecule has 1 heterocycles. The van der Waals surface area contributed by atoms with Gasteiger partial charge in [0.2, 0.25) is 0 Å². The molecule has 1 aromatic heterocycles. The molecular formula is C18H22N2O3. The van der Waals surface area contributed by atoms with E-state index < -0.39 is 0 Å². The van der Waals surface area contributed by atoms with E-state index in [1.54, 1.807) is 31.5 Å². The van der Waals surface area contributed by atoms with Gasteiger partial charge in [0.05, 0.1) is 19.8 Å². The first-order chi connectivity index (χ1) is 11.1. The van der Waals surface area contributed by atoms with Crippen molar-refractivity contribution in [1.82, 2.24) is 9.88 Å². The van der Waals surface area contributed by atoms with E-state index in [1.165, 1.54) is 0 Å². The first-order valence-corrected chi connectivity index (χ1v) is 7.61. The molecule has 0 saturated heterocycles. The molecule has 0 spiro atoms. The van der Waals surface area contributed by atoms with Crippen molar-refractivity contribution >= 4 is 5.91 Å². The van der Waals surface area contributed by atoms with Gasteiger partial charge in [-0.3, -0.25) is 9.78 Å². The largest absolute Gasteiger partial charge is 0.493 e. The van der Waals surface area contributed by atoms with Crippen LogP contribution in [-0.2, 0) is 0 Å². The summed E-state index contributed by atoms with van der Waals surface area (Å²) in [6.45, 7) is 5.28. The Bertz CT molecular complexity index is 682. The van der Waals surface area contributed by atoms with Crippen LogP contribution in [-0.4, -0.2) is 43.1 Å². The molecule has 1 amide bonds. The summed E-state index contributed by atoms with van der Waals surface area (Å²) < 4.78 is 10.6. The average molecular weight is 314 g/mol. The number of ether oxygens (including phenoxy) is 2. The zero-order valence-corrected chi connectivity index (χ0v) is 14.0. The lowest BCUT2D eigenvalue weighted by molar-refractivity contribution is 0.0772. The third kappa shape index (κ3) is 3.62. The first-order valence-electron chi connectivity index (χ1n) is 7.61. The van der Waals surface area contributed by atoms with Crippen molar-refractivity contribution in [2.75, 3.05) is 27.3 Å². The van der Waals surface area contributed by atoms with Gasteiger partial charge < -0.3 is 14.4 Å². The van der Waals surface area contributed by atoms with Gasteiger partial charge in [0.1, 0.15) is 0 Å². The predicted octanol–water partition coefficient (Wildman–Crippen LogP) is 3.25. The molecule has 0 N–H and O–H groups in total. The maximum atomic E-state index is 12.5. The maximum Gasteiger partial charge on any atom is 0.255 e. The Morgan fingerprint density at radius 2 is 1.70 bits per heavy atom. The number of pyridine rings is 1. The lowest BCUT2D eigenvalue weighted by Crippen LogP contribution is -2.30. The number of carbonyl (C=O) groups is 1. The highest BCUT2D eigenvalue weighted by atomic mass is 16.5. The summed E-state index contributed by atoms with van der Waals surface area (Å²) >= 11 is 0. The van der Waals surface area contributed by atoms with Crippen LogP contribution in [0, 0.1) is 0 Å². The van der Waals surface area contributed by atoms with Crippen molar-refractivity contribution < 1.29 is 14.3 Å². The monoisotopic (exact) mass is 314 g/mol. The summed E-state index contributed by atoms with van der Waals surface area (Å²) in [6, 6.07) is 7.49. The molecule has 2 rings (SSSR count). The maximum absolute atomic E-state index is 12.5. The third-order valence-corrected chi connectivity index (χ3v) is 3.75. The van der Waals surface area contributed by atoms with Crippen LogP contribution in [0.15, 0.2) is 36.7 Å². The Kier molecular flexibility index (Phi) is 5.57. The van der Waals surface area contributed by atoms with Gasteiger partial charge >= 0.3 is 0 Å². The second kappa shape index (κ2) is 7.63. The first kappa shape index (κ1) is 16.8. The molecule has 0 aliphatic rings. The molecule has 1 aromatic carbocycles. The highest BCUT2D eigenvalue weighted by Gasteiger charge is 2.14. The van der Waals surface area contributed by atoms with Crippen LogP contribution in [0.25, 0.3) is 11.1 Å². The van der Waals surface area contributed by atoms with Gasteiger partial charge in [-0.15, -0.1) is 0 Å². The molecule has 0 fully saturated rings. The summed E-state index contributed by atoms with van der Waals surface area (Å²) in [4.78, 5) is 18.4. The number of nitrogens with zero attached hydrogens (tertiary/aromatic N) is 2. The van der Waals surface area contributed by atoms with Crippen LogP contribution in [0.3, 0.4) is 0 Å². The van der Waals surface area contributed by atoms with Crippen LogP contribution < -0.4 is 9.47 Å². The van der Waals surface area contributed by atoms with Gasteiger partial charge in [0.25, 0.3) is 5.91 Å². The summed E-state index contributed by atoms with van der Waals surface area (Å²) in [5.74, 6) is 1.30. The molecule has 0 aliphatic heterocycles. The SMILES string of the molecule is CCN(CC)C(=O)c1cncc(-c2ccc(OC)c(OC)c2)c1. The molecule has 2 aromatic rings. The third-order valence-electron chi connectivity index (χ3n) is 3.75. The second-order valence-electron chi connectivity index (χ2n) is 5.01. The number of methoxy groups -OCH3 is 2. The minimum atomic E-state index is -0.00942. The van der Waals surface area contributed by atoms with E-state index in [9.17, 15) is 4.79 Å². The Labute approximate surface area is 136 Å². The predicted molar refractivity (Wildman–Crippen MR) is 90.0 cm³/mol. The van der Waals surface area contributed by atoms with Crippen molar-refractivity contribution in [3.63, 3.8) is 0 Å². The van der Waals surface area contributed by atoms with Crippen molar-refractivity contribution in [2.45, 2.75) is 13.8 Å². The molecule has 0 aliphatic carbocycles. The van der Waals surface area contributed by atoms with Gasteiger partial charge in [-0.25, -0.2) is 0 Å². The van der Waals surface area contributed by atoms with Crippen LogP contribution in [0.1, 0.15) is 24.2 Å². The smallest absolute Gasteiger partial charge is 0.255 e. The summed E-state index contributed by atoms with van der Waals surface area (Å²) in [5.41, 5.74) is 2.37. The number of rotatable bonds is 6. The number of carbonyl (C=O) groups excluding carboxylic acids is 1. The molecule has 23 heavy (non-hydrogen) atoms. The number of aromatic nitrogens is 1. The molecule has 0 radical (unpaired) electrons. The van der Waals surface area contributed by atoms with E-state index in [4.69, 9.17) is 9.47 Å². The minimum Gasteiger partial charge on any atom is -0.493 e. The number of hydrogen-bond acceptors (Lipinski definition) is 4. The van der Waals surface area contributed by atoms with Crippen LogP contribution in [0.4, 0.5) is 0 Å². The van der Waals surface area contributed by atoms with Crippen molar-refractivity contribution in [1.29, 1.82) is 0 Å². The summed E-state index contributed by atoms with van der Waals surface area (Å²) in [6.07, 6.45) is 3.34. The molecule has 122 valence electrons. The Morgan fingerprint density at radius 3 is 2.30 bits per heavy atom. The van der Waals surface area contributed by atoms with Crippen molar-refractivity contribution in [3.8, 4) is 22.6 Å². The van der Waals surface area contributed by atoms with E-state index in [-0.39, 0.29) is 5.91 Å². The minimum absolute atomic E-state index is 0.00942. The molecule has 5 heteroatoms. The quantitative estimate of drug-likeness (QED) is 0.821. The standard InChI is InChI=1S/C18H22N2O3/c1-5-20(6-2)18(21)15-9-14(11-19-12-15)13-7-8-16(22-3)17(10-13)23-4/h7-12H,5-6H2,1-4H3. The average Bonchev–Trinajstić information content (AvgIpc) is 2.62. The van der Waals surface area contributed by atoms with Gasteiger partial charge in [-0.2, -0.15) is 0 Å². The summed E-state index contributed by atoms with van der Waals surface area (Å²) in [7, 11) is 3.20. The molecule has 0 unspecified atom stereocenters. The molecule has 0 saturated carbocycles. The van der Waals surface area contributed by atoms with E-state index >= 15 is 0 Å². The molecule has 5 nitrogen and oxygen atoms in total. The zero-order valence-electron chi connectivity index (χ0n) is 14.0. The highest BCUT2D eigenvalue weighted by Crippen LogP contribution is 2.32. The van der Waals surface area contributed by atoms with E-state index in [1.807, 2.05) is 38.1 Å². The number of benzene rings is 1. The summed E-state index contributed by atoms with van der Waals surface area (Å²) in [5, 5.41) is 0. The molecule has 0 bridgehead atoms. The fourth-order valence-electron chi connectivity index (χ4n) is 2.42. The number of hydrogen-bond donors (Lipinski definition) is 0. The lowest BCUT2D eigenvalue weighted by atomic mass is 10.0. The van der Waals surface area contributed by atoms with E-state index in [0.717, 1.165) is 11.1 Å². The Morgan fingerprint density at radius 1 is 1.00 bits per heavy atom. The molecular weight excluding hydrogens is 292 g/mol. The number of amides is 1. The second-order valence-corrected chi connectivity index (χ2v) is 5.01. The van der Waals surface area contributed by atoms with Gasteiger partial charge in [0.15, 0.2) is 11.5 Å². The van der Waals surface area contributed by atoms with E-state index in [2.05, 4.69) is 4.98 Å². The van der Waals surface area contributed by atoms with Gasteiger partial charge in [-0.05, 0) is 37.6 Å². The zero-order chi connectivity index (χ0) is 16.8. The van der Waals surface area contributed by atoms with Gasteiger partial charge in [-0.1, -0.05) is 6.07 Å². The lowest BCUT2D eigenvalue weighted by Gasteiger charge is -2.18. The van der Waals surface area contributed by atoms with Crippen LogP contribution in [0.5, 0.6) is 11.5 Å². The van der Waals surface area contributed by atoms with Crippen molar-refractivity contribution in [2.24, 2.45) is 0 Å². The van der Waals surface area contributed by atoms with Crippen LogP contribution in [0.2, 0.25) is 0 Å².